The first-order valence-corrected chi connectivity index (χ1v) is 4.82. The van der Waals surface area contributed by atoms with Gasteiger partial charge < -0.3 is 5.11 Å². The van der Waals surface area contributed by atoms with Crippen molar-refractivity contribution in [1.82, 2.24) is 4.98 Å². The third kappa shape index (κ3) is 1.89. The molecule has 0 saturated carbocycles. The first-order chi connectivity index (χ1) is 7.08. The van der Waals surface area contributed by atoms with E-state index in [0.717, 1.165) is 5.39 Å². The maximum atomic E-state index is 10.8. The van der Waals surface area contributed by atoms with Gasteiger partial charge in [0.05, 0.1) is 10.5 Å². The third-order valence-electron chi connectivity index (χ3n) is 1.94. The van der Waals surface area contributed by atoms with Crippen LogP contribution in [-0.2, 0) is 0 Å². The number of aromatic carboxylic acids is 1. The molecule has 1 aromatic heterocycles. The van der Waals surface area contributed by atoms with Crippen LogP contribution < -0.4 is 0 Å². The summed E-state index contributed by atoms with van der Waals surface area (Å²) in [6.07, 6.45) is 0. The fourth-order valence-corrected chi connectivity index (χ4v) is 1.67. The predicted molar refractivity (Wildman–Crippen MR) is 58.7 cm³/mol. The molecule has 1 aromatic carbocycles. The maximum Gasteiger partial charge on any atom is 0.356 e. The molecule has 3 nitrogen and oxygen atoms in total. The Labute approximate surface area is 95.3 Å². The summed E-state index contributed by atoms with van der Waals surface area (Å²) >= 11 is 11.5. The molecule has 0 spiro atoms. The van der Waals surface area contributed by atoms with Gasteiger partial charge in [-0.25, -0.2) is 9.78 Å². The van der Waals surface area contributed by atoms with E-state index in [-0.39, 0.29) is 10.7 Å². The Bertz CT molecular complexity index is 554. The number of carboxylic acid groups (broad SMARTS) is 1. The SMILES string of the molecule is O=C(O)c1nc2cc(Cl)ccc2cc1Cl. The minimum absolute atomic E-state index is 0.123. The first-order valence-electron chi connectivity index (χ1n) is 4.07. The minimum Gasteiger partial charge on any atom is -0.476 e. The van der Waals surface area contributed by atoms with E-state index in [9.17, 15) is 4.79 Å². The molecule has 1 heterocycles. The number of benzene rings is 1. The van der Waals surface area contributed by atoms with Crippen molar-refractivity contribution in [3.63, 3.8) is 0 Å². The fraction of sp³-hybridized carbons (Fsp3) is 0. The van der Waals surface area contributed by atoms with Gasteiger partial charge >= 0.3 is 5.97 Å². The summed E-state index contributed by atoms with van der Waals surface area (Å²) in [6.45, 7) is 0. The molecule has 0 aliphatic carbocycles. The van der Waals surface area contributed by atoms with Crippen LogP contribution in [0.2, 0.25) is 10.0 Å². The molecule has 2 rings (SSSR count). The van der Waals surface area contributed by atoms with Crippen LogP contribution in [0.3, 0.4) is 0 Å². The molecule has 0 aliphatic rings. The lowest BCUT2D eigenvalue weighted by molar-refractivity contribution is 0.0691. The Kier molecular flexibility index (Phi) is 2.50. The second-order valence-electron chi connectivity index (χ2n) is 2.96. The number of rotatable bonds is 1. The summed E-state index contributed by atoms with van der Waals surface area (Å²) < 4.78 is 0. The highest BCUT2D eigenvalue weighted by Gasteiger charge is 2.11. The monoisotopic (exact) mass is 241 g/mol. The number of carbonyl (C=O) groups is 1. The van der Waals surface area contributed by atoms with Crippen molar-refractivity contribution < 1.29 is 9.90 Å². The average Bonchev–Trinajstić information content (AvgIpc) is 2.17. The molecular formula is C10H5Cl2NO2. The van der Waals surface area contributed by atoms with Crippen molar-refractivity contribution in [2.24, 2.45) is 0 Å². The number of fused-ring (bicyclic) bond motifs is 1. The van der Waals surface area contributed by atoms with Crippen LogP contribution in [0.25, 0.3) is 10.9 Å². The van der Waals surface area contributed by atoms with Gasteiger partial charge in [-0.2, -0.15) is 0 Å². The third-order valence-corrected chi connectivity index (χ3v) is 2.46. The van der Waals surface area contributed by atoms with E-state index in [1.165, 1.54) is 0 Å². The summed E-state index contributed by atoms with van der Waals surface area (Å²) in [7, 11) is 0. The normalized spacial score (nSPS) is 10.5. The van der Waals surface area contributed by atoms with Gasteiger partial charge in [0, 0.05) is 10.4 Å². The van der Waals surface area contributed by atoms with Crippen molar-refractivity contribution in [3.05, 3.63) is 40.0 Å². The molecule has 0 saturated heterocycles. The molecule has 15 heavy (non-hydrogen) atoms. The van der Waals surface area contributed by atoms with Crippen LogP contribution in [0.4, 0.5) is 0 Å². The zero-order valence-corrected chi connectivity index (χ0v) is 8.88. The smallest absolute Gasteiger partial charge is 0.356 e. The van der Waals surface area contributed by atoms with Crippen molar-refractivity contribution >= 4 is 40.1 Å². The molecule has 0 radical (unpaired) electrons. The van der Waals surface area contributed by atoms with E-state index in [1.807, 2.05) is 0 Å². The molecular weight excluding hydrogens is 237 g/mol. The van der Waals surface area contributed by atoms with E-state index in [4.69, 9.17) is 28.3 Å². The van der Waals surface area contributed by atoms with E-state index in [1.54, 1.807) is 24.3 Å². The number of nitrogens with zero attached hydrogens (tertiary/aromatic N) is 1. The Morgan fingerprint density at radius 2 is 2.00 bits per heavy atom. The number of hydrogen-bond acceptors (Lipinski definition) is 2. The second kappa shape index (κ2) is 3.68. The summed E-state index contributed by atoms with van der Waals surface area (Å²) in [4.78, 5) is 14.7. The molecule has 1 N–H and O–H groups in total. The van der Waals surface area contributed by atoms with Gasteiger partial charge in [0.15, 0.2) is 5.69 Å². The van der Waals surface area contributed by atoms with Crippen molar-refractivity contribution in [1.29, 1.82) is 0 Å². The van der Waals surface area contributed by atoms with E-state index >= 15 is 0 Å². The fourth-order valence-electron chi connectivity index (χ4n) is 1.26. The highest BCUT2D eigenvalue weighted by atomic mass is 35.5. The number of carboxylic acids is 1. The average molecular weight is 242 g/mol. The standard InChI is InChI=1S/C10H5Cl2NO2/c11-6-2-1-5-3-7(12)9(10(14)15)13-8(5)4-6/h1-4H,(H,14,15). The summed E-state index contributed by atoms with van der Waals surface area (Å²) in [5, 5.41) is 10.2. The van der Waals surface area contributed by atoms with Crippen LogP contribution in [-0.4, -0.2) is 16.1 Å². The Morgan fingerprint density at radius 1 is 1.27 bits per heavy atom. The van der Waals surface area contributed by atoms with Gasteiger partial charge in [-0.1, -0.05) is 29.3 Å². The number of pyridine rings is 1. The predicted octanol–water partition coefficient (Wildman–Crippen LogP) is 3.24. The highest BCUT2D eigenvalue weighted by Crippen LogP contribution is 2.23. The van der Waals surface area contributed by atoms with Crippen LogP contribution in [0, 0.1) is 0 Å². The van der Waals surface area contributed by atoms with Crippen molar-refractivity contribution in [2.45, 2.75) is 0 Å². The molecule has 0 amide bonds. The van der Waals surface area contributed by atoms with Gasteiger partial charge in [-0.05, 0) is 18.2 Å². The lowest BCUT2D eigenvalue weighted by Crippen LogP contribution is -2.01. The van der Waals surface area contributed by atoms with Gasteiger partial charge in [-0.15, -0.1) is 0 Å². The molecule has 5 heteroatoms. The van der Waals surface area contributed by atoms with Crippen molar-refractivity contribution in [3.8, 4) is 0 Å². The summed E-state index contributed by atoms with van der Waals surface area (Å²) in [6, 6.07) is 6.59. The van der Waals surface area contributed by atoms with E-state index < -0.39 is 5.97 Å². The molecule has 0 unspecified atom stereocenters. The Balaban J connectivity index is 2.77. The minimum atomic E-state index is -1.15. The van der Waals surface area contributed by atoms with Gasteiger partial charge in [-0.3, -0.25) is 0 Å². The van der Waals surface area contributed by atoms with Crippen LogP contribution in [0.5, 0.6) is 0 Å². The largest absolute Gasteiger partial charge is 0.476 e. The Morgan fingerprint density at radius 3 is 2.67 bits per heavy atom. The number of hydrogen-bond donors (Lipinski definition) is 1. The summed E-state index contributed by atoms with van der Waals surface area (Å²) in [5.74, 6) is -1.15. The van der Waals surface area contributed by atoms with E-state index in [0.29, 0.717) is 10.5 Å². The topological polar surface area (TPSA) is 50.2 Å². The molecule has 0 bridgehead atoms. The first kappa shape index (κ1) is 10.2. The van der Waals surface area contributed by atoms with Crippen LogP contribution in [0.15, 0.2) is 24.3 Å². The molecule has 0 atom stereocenters. The Hall–Kier alpha value is -1.32. The molecule has 2 aromatic rings. The molecule has 76 valence electrons. The summed E-state index contributed by atoms with van der Waals surface area (Å²) in [5.41, 5.74) is 0.357. The lowest BCUT2D eigenvalue weighted by Gasteiger charge is -2.02. The zero-order valence-electron chi connectivity index (χ0n) is 7.37. The number of aromatic nitrogens is 1. The van der Waals surface area contributed by atoms with Crippen LogP contribution >= 0.6 is 23.2 Å². The van der Waals surface area contributed by atoms with Gasteiger partial charge in [0.1, 0.15) is 0 Å². The highest BCUT2D eigenvalue weighted by molar-refractivity contribution is 6.34. The number of halogens is 2. The molecule has 0 fully saturated rings. The van der Waals surface area contributed by atoms with Gasteiger partial charge in [0.25, 0.3) is 0 Å². The lowest BCUT2D eigenvalue weighted by atomic mass is 10.2. The maximum absolute atomic E-state index is 10.8. The van der Waals surface area contributed by atoms with Gasteiger partial charge in [0.2, 0.25) is 0 Å². The molecule has 0 aliphatic heterocycles. The zero-order chi connectivity index (χ0) is 11.0. The van der Waals surface area contributed by atoms with Crippen molar-refractivity contribution in [2.75, 3.05) is 0 Å². The quantitative estimate of drug-likeness (QED) is 0.834. The van der Waals surface area contributed by atoms with E-state index in [2.05, 4.69) is 4.98 Å². The second-order valence-corrected chi connectivity index (χ2v) is 3.80. The van der Waals surface area contributed by atoms with Crippen LogP contribution in [0.1, 0.15) is 10.5 Å².